The lowest BCUT2D eigenvalue weighted by atomic mass is 10.0. The van der Waals surface area contributed by atoms with E-state index in [4.69, 9.17) is 10.5 Å². The van der Waals surface area contributed by atoms with Crippen LogP contribution in [-0.2, 0) is 20.3 Å². The number of thiazole rings is 1. The molecule has 1 saturated heterocycles. The van der Waals surface area contributed by atoms with E-state index in [1.54, 1.807) is 0 Å². The van der Waals surface area contributed by atoms with Gasteiger partial charge in [-0.05, 0) is 24.3 Å². The van der Waals surface area contributed by atoms with E-state index in [2.05, 4.69) is 15.0 Å². The fraction of sp³-hybridized carbons (Fsp3) is 0.208. The van der Waals surface area contributed by atoms with Gasteiger partial charge < -0.3 is 15.4 Å². The van der Waals surface area contributed by atoms with Crippen molar-refractivity contribution in [3.63, 3.8) is 0 Å². The first-order chi connectivity index (χ1) is 18.2. The number of sulfone groups is 1. The lowest BCUT2D eigenvalue weighted by Crippen LogP contribution is -2.36. The lowest BCUT2D eigenvalue weighted by Gasteiger charge is -2.26. The number of nitrogens with two attached hydrogens (primary N) is 1. The van der Waals surface area contributed by atoms with E-state index in [-0.39, 0.29) is 22.2 Å². The van der Waals surface area contributed by atoms with Crippen molar-refractivity contribution in [1.82, 2.24) is 15.0 Å². The van der Waals surface area contributed by atoms with Crippen molar-refractivity contribution in [1.29, 1.82) is 0 Å². The van der Waals surface area contributed by atoms with Crippen LogP contribution in [0.3, 0.4) is 0 Å². The molecule has 4 aromatic rings. The Morgan fingerprint density at radius 1 is 0.974 bits per heavy atom. The molecular formula is C24H19F4N5O3S2. The first-order valence-electron chi connectivity index (χ1n) is 11.2. The van der Waals surface area contributed by atoms with Gasteiger partial charge in [0.15, 0.2) is 15.0 Å². The Bertz CT molecular complexity index is 1610. The van der Waals surface area contributed by atoms with Crippen LogP contribution >= 0.6 is 11.3 Å². The maximum Gasteiger partial charge on any atom is 0.220 e. The summed E-state index contributed by atoms with van der Waals surface area (Å²) < 4.78 is 90.5. The summed E-state index contributed by atoms with van der Waals surface area (Å²) in [5.41, 5.74) is 4.77. The number of aromatic nitrogens is 3. The summed E-state index contributed by atoms with van der Waals surface area (Å²) in [4.78, 5) is 13.5. The quantitative estimate of drug-likeness (QED) is 0.346. The second-order valence-corrected chi connectivity index (χ2v) is 11.2. The molecule has 1 fully saturated rings. The summed E-state index contributed by atoms with van der Waals surface area (Å²) in [5.74, 6) is -6.05. The third-order valence-electron chi connectivity index (χ3n) is 5.79. The van der Waals surface area contributed by atoms with Gasteiger partial charge in [0.05, 0.1) is 40.8 Å². The van der Waals surface area contributed by atoms with Crippen molar-refractivity contribution in [3.05, 3.63) is 71.4 Å². The van der Waals surface area contributed by atoms with Crippen LogP contribution in [0.25, 0.3) is 21.8 Å². The maximum atomic E-state index is 15.9. The van der Waals surface area contributed by atoms with Crippen molar-refractivity contribution in [2.45, 2.75) is 10.6 Å². The second-order valence-electron chi connectivity index (χ2n) is 8.28. The average Bonchev–Trinajstić information content (AvgIpc) is 3.31. The lowest BCUT2D eigenvalue weighted by molar-refractivity contribution is 0.122. The number of morpholine rings is 1. The van der Waals surface area contributed by atoms with Gasteiger partial charge >= 0.3 is 0 Å². The van der Waals surface area contributed by atoms with Crippen molar-refractivity contribution in [2.75, 3.05) is 36.9 Å². The van der Waals surface area contributed by atoms with Crippen LogP contribution in [0, 0.1) is 23.3 Å². The summed E-state index contributed by atoms with van der Waals surface area (Å²) >= 11 is 1.12. The molecule has 5 rings (SSSR count). The molecule has 0 radical (unpaired) electrons. The molecule has 0 aliphatic carbocycles. The molecule has 3 heterocycles. The average molecular weight is 566 g/mol. The smallest absolute Gasteiger partial charge is 0.220 e. The number of hydrogen-bond acceptors (Lipinski definition) is 9. The van der Waals surface area contributed by atoms with Crippen LogP contribution in [0.15, 0.2) is 47.5 Å². The van der Waals surface area contributed by atoms with Crippen LogP contribution in [-0.4, -0.2) is 49.7 Å². The van der Waals surface area contributed by atoms with E-state index in [0.29, 0.717) is 31.4 Å². The van der Waals surface area contributed by atoms with Crippen LogP contribution in [0.2, 0.25) is 0 Å². The molecule has 38 heavy (non-hydrogen) atoms. The van der Waals surface area contributed by atoms with Crippen LogP contribution in [0.5, 0.6) is 0 Å². The normalized spacial score (nSPS) is 14.2. The molecule has 8 nitrogen and oxygen atoms in total. The Balaban J connectivity index is 1.64. The summed E-state index contributed by atoms with van der Waals surface area (Å²) in [7, 11) is -4.68. The Morgan fingerprint density at radius 2 is 1.68 bits per heavy atom. The third kappa shape index (κ3) is 4.93. The van der Waals surface area contributed by atoms with E-state index in [9.17, 15) is 17.2 Å². The predicted molar refractivity (Wildman–Crippen MR) is 133 cm³/mol. The number of ether oxygens (including phenoxy) is 1. The third-order valence-corrected chi connectivity index (χ3v) is 8.63. The molecule has 0 unspecified atom stereocenters. The Kier molecular flexibility index (Phi) is 7.03. The van der Waals surface area contributed by atoms with Crippen molar-refractivity contribution in [3.8, 4) is 21.8 Å². The predicted octanol–water partition coefficient (Wildman–Crippen LogP) is 4.22. The topological polar surface area (TPSA) is 111 Å². The van der Waals surface area contributed by atoms with Gasteiger partial charge in [-0.2, -0.15) is 0 Å². The van der Waals surface area contributed by atoms with Gasteiger partial charge in [0, 0.05) is 24.8 Å². The Morgan fingerprint density at radius 3 is 2.37 bits per heavy atom. The summed E-state index contributed by atoms with van der Waals surface area (Å²) in [6.07, 6.45) is 1.38. The maximum absolute atomic E-state index is 15.9. The van der Waals surface area contributed by atoms with E-state index >= 15 is 8.78 Å². The van der Waals surface area contributed by atoms with E-state index in [1.807, 2.05) is 4.90 Å². The largest absolute Gasteiger partial charge is 0.378 e. The van der Waals surface area contributed by atoms with Crippen LogP contribution in [0.4, 0.5) is 28.6 Å². The molecule has 0 spiro atoms. The number of anilines is 2. The van der Waals surface area contributed by atoms with Crippen LogP contribution < -0.4 is 10.6 Å². The highest BCUT2D eigenvalue weighted by atomic mass is 32.2. The zero-order chi connectivity index (χ0) is 27.0. The second kappa shape index (κ2) is 10.3. The highest BCUT2D eigenvalue weighted by Crippen LogP contribution is 2.42. The fourth-order valence-electron chi connectivity index (χ4n) is 4.02. The zero-order valence-corrected chi connectivity index (χ0v) is 21.1. The molecule has 1 aliphatic heterocycles. The minimum absolute atomic E-state index is 0.0672. The molecule has 2 aromatic carbocycles. The SMILES string of the molecule is Nc1nccc(-c2sc(N3CCOCC3)nc2-c2c(F)ccc(CS(=O)(=O)c3c(F)cccc3F)c2F)n1. The zero-order valence-electron chi connectivity index (χ0n) is 19.5. The molecule has 2 N–H and O–H groups in total. The Hall–Kier alpha value is -3.62. The van der Waals surface area contributed by atoms with Gasteiger partial charge in [0.1, 0.15) is 28.2 Å². The van der Waals surface area contributed by atoms with Crippen LogP contribution in [0.1, 0.15) is 5.56 Å². The highest BCUT2D eigenvalue weighted by molar-refractivity contribution is 7.90. The minimum atomic E-state index is -4.68. The van der Waals surface area contributed by atoms with E-state index in [1.165, 1.54) is 12.3 Å². The van der Waals surface area contributed by atoms with Crippen molar-refractivity contribution < 1.29 is 30.7 Å². The van der Waals surface area contributed by atoms with Gasteiger partial charge in [-0.25, -0.2) is 40.9 Å². The van der Waals surface area contributed by atoms with Gasteiger partial charge in [-0.1, -0.05) is 23.5 Å². The van der Waals surface area contributed by atoms with Gasteiger partial charge in [-0.3, -0.25) is 0 Å². The molecule has 2 aromatic heterocycles. The van der Waals surface area contributed by atoms with Crippen molar-refractivity contribution >= 4 is 32.3 Å². The van der Waals surface area contributed by atoms with Gasteiger partial charge in [0.25, 0.3) is 0 Å². The fourth-order valence-corrected chi connectivity index (χ4v) is 6.62. The highest BCUT2D eigenvalue weighted by Gasteiger charge is 2.30. The number of benzene rings is 2. The number of rotatable bonds is 6. The number of halogens is 4. The summed E-state index contributed by atoms with van der Waals surface area (Å²) in [6, 6.07) is 5.88. The first-order valence-corrected chi connectivity index (χ1v) is 13.7. The number of nitrogens with zero attached hydrogens (tertiary/aromatic N) is 4. The number of nitrogen functional groups attached to an aromatic ring is 1. The first kappa shape index (κ1) is 26.0. The summed E-state index contributed by atoms with van der Waals surface area (Å²) in [6.45, 7) is 1.87. The molecule has 198 valence electrons. The van der Waals surface area contributed by atoms with E-state index < -0.39 is 54.9 Å². The Labute approximate surface area is 218 Å². The van der Waals surface area contributed by atoms with Gasteiger partial charge in [-0.15, -0.1) is 0 Å². The van der Waals surface area contributed by atoms with Crippen molar-refractivity contribution in [2.24, 2.45) is 0 Å². The minimum Gasteiger partial charge on any atom is -0.378 e. The standard InChI is InChI=1S/C24H19F4N5O3S2/c25-14-5-4-13(12-38(34,35)22-15(26)2-1-3-16(22)27)19(28)18(14)20-21(17-6-7-30-23(29)31-17)37-24(32-20)33-8-10-36-11-9-33/h1-7H,8-12H2,(H2,29,30,31). The van der Waals surface area contributed by atoms with Gasteiger partial charge in [0.2, 0.25) is 5.95 Å². The molecular weight excluding hydrogens is 546 g/mol. The summed E-state index contributed by atoms with van der Waals surface area (Å²) in [5, 5.41) is 0.445. The molecule has 0 atom stereocenters. The monoisotopic (exact) mass is 565 g/mol. The molecule has 1 aliphatic rings. The molecule has 0 bridgehead atoms. The molecule has 0 amide bonds. The number of hydrogen-bond donors (Lipinski definition) is 1. The van der Waals surface area contributed by atoms with E-state index in [0.717, 1.165) is 41.7 Å². The molecule has 0 saturated carbocycles. The molecule has 14 heteroatoms.